The standard InChI is InChI=1S/C15H9ClF6N2S/c16-10-1-3-11(4-2-10)23-13(25)24-12-6-8(14(17,18)19)5-9(7-12)15(20,21)22/h1-7H,(H2,23,24,25). The van der Waals surface area contributed by atoms with E-state index in [0.29, 0.717) is 22.8 Å². The summed E-state index contributed by atoms with van der Waals surface area (Å²) in [7, 11) is 0. The van der Waals surface area contributed by atoms with Crippen molar-refractivity contribution in [1.82, 2.24) is 0 Å². The highest BCUT2D eigenvalue weighted by atomic mass is 35.5. The van der Waals surface area contributed by atoms with Gasteiger partial charge in [0.1, 0.15) is 0 Å². The summed E-state index contributed by atoms with van der Waals surface area (Å²) < 4.78 is 76.8. The van der Waals surface area contributed by atoms with Crippen LogP contribution in [-0.4, -0.2) is 5.11 Å². The molecule has 0 bridgehead atoms. The fourth-order valence-corrected chi connectivity index (χ4v) is 2.22. The van der Waals surface area contributed by atoms with Gasteiger partial charge >= 0.3 is 12.4 Å². The molecule has 0 radical (unpaired) electrons. The summed E-state index contributed by atoms with van der Waals surface area (Å²) in [5, 5.41) is 5.23. The first-order chi connectivity index (χ1) is 11.4. The Balaban J connectivity index is 2.25. The maximum absolute atomic E-state index is 12.8. The summed E-state index contributed by atoms with van der Waals surface area (Å²) in [4.78, 5) is 0. The third-order valence-corrected chi connectivity index (χ3v) is 3.40. The normalized spacial score (nSPS) is 12.0. The monoisotopic (exact) mass is 398 g/mol. The molecule has 0 saturated heterocycles. The molecule has 2 rings (SSSR count). The molecular weight excluding hydrogens is 390 g/mol. The molecule has 2 nitrogen and oxygen atoms in total. The Morgan fingerprint density at radius 1 is 0.760 bits per heavy atom. The maximum atomic E-state index is 12.8. The molecule has 0 aliphatic carbocycles. The van der Waals surface area contributed by atoms with E-state index >= 15 is 0 Å². The average Bonchev–Trinajstić information content (AvgIpc) is 2.47. The SMILES string of the molecule is FC(F)(F)c1cc(NC(=S)Nc2ccc(Cl)cc2)cc(C(F)(F)F)c1. The second-order valence-electron chi connectivity index (χ2n) is 4.88. The topological polar surface area (TPSA) is 24.1 Å². The van der Waals surface area contributed by atoms with Gasteiger partial charge in [-0.05, 0) is 54.7 Å². The smallest absolute Gasteiger partial charge is 0.332 e. The predicted octanol–water partition coefficient (Wildman–Crippen LogP) is 6.19. The van der Waals surface area contributed by atoms with E-state index in [4.69, 9.17) is 23.8 Å². The van der Waals surface area contributed by atoms with Crippen LogP contribution >= 0.6 is 23.8 Å². The highest BCUT2D eigenvalue weighted by Gasteiger charge is 2.37. The van der Waals surface area contributed by atoms with Crippen LogP contribution in [0.3, 0.4) is 0 Å². The number of hydrogen-bond donors (Lipinski definition) is 2. The third-order valence-electron chi connectivity index (χ3n) is 2.95. The first-order valence-electron chi connectivity index (χ1n) is 6.58. The van der Waals surface area contributed by atoms with Crippen LogP contribution in [-0.2, 0) is 12.4 Å². The van der Waals surface area contributed by atoms with Crippen LogP contribution in [0.15, 0.2) is 42.5 Å². The number of halogens is 7. The minimum absolute atomic E-state index is 0.0425. The number of nitrogens with one attached hydrogen (secondary N) is 2. The Labute approximate surface area is 148 Å². The van der Waals surface area contributed by atoms with Crippen molar-refractivity contribution in [2.24, 2.45) is 0 Å². The maximum Gasteiger partial charge on any atom is 0.416 e. The lowest BCUT2D eigenvalue weighted by atomic mass is 10.1. The summed E-state index contributed by atoms with van der Waals surface area (Å²) in [6.45, 7) is 0. The predicted molar refractivity (Wildman–Crippen MR) is 87.7 cm³/mol. The number of hydrogen-bond acceptors (Lipinski definition) is 1. The van der Waals surface area contributed by atoms with Crippen LogP contribution in [0.1, 0.15) is 11.1 Å². The van der Waals surface area contributed by atoms with Crippen molar-refractivity contribution in [3.8, 4) is 0 Å². The first-order valence-corrected chi connectivity index (χ1v) is 7.37. The Morgan fingerprint density at radius 2 is 1.20 bits per heavy atom. The van der Waals surface area contributed by atoms with Crippen molar-refractivity contribution < 1.29 is 26.3 Å². The van der Waals surface area contributed by atoms with Gasteiger partial charge in [-0.15, -0.1) is 0 Å². The van der Waals surface area contributed by atoms with E-state index in [-0.39, 0.29) is 11.2 Å². The van der Waals surface area contributed by atoms with Crippen molar-refractivity contribution >= 4 is 40.3 Å². The number of anilines is 2. The van der Waals surface area contributed by atoms with Gasteiger partial charge in [-0.25, -0.2) is 0 Å². The Bertz CT molecular complexity index is 739. The average molecular weight is 399 g/mol. The summed E-state index contributed by atoms with van der Waals surface area (Å²) in [6, 6.07) is 7.31. The van der Waals surface area contributed by atoms with Crippen LogP contribution < -0.4 is 10.6 Å². The van der Waals surface area contributed by atoms with E-state index in [9.17, 15) is 26.3 Å². The summed E-state index contributed by atoms with van der Waals surface area (Å²) in [6.07, 6.45) is -9.86. The van der Waals surface area contributed by atoms with Gasteiger partial charge in [0, 0.05) is 16.4 Å². The minimum Gasteiger partial charge on any atom is -0.332 e. The molecule has 134 valence electrons. The second kappa shape index (κ2) is 7.09. The minimum atomic E-state index is -4.93. The summed E-state index contributed by atoms with van der Waals surface area (Å²) in [5.74, 6) is 0. The van der Waals surface area contributed by atoms with E-state index in [1.54, 1.807) is 24.3 Å². The number of benzene rings is 2. The van der Waals surface area contributed by atoms with Crippen molar-refractivity contribution in [3.63, 3.8) is 0 Å². The van der Waals surface area contributed by atoms with Crippen molar-refractivity contribution in [2.45, 2.75) is 12.4 Å². The molecule has 2 N–H and O–H groups in total. The van der Waals surface area contributed by atoms with Gasteiger partial charge in [0.2, 0.25) is 0 Å². The highest BCUT2D eigenvalue weighted by Crippen LogP contribution is 2.37. The van der Waals surface area contributed by atoms with Gasteiger partial charge in [-0.2, -0.15) is 26.3 Å². The largest absolute Gasteiger partial charge is 0.416 e. The Hall–Kier alpha value is -2.00. The number of rotatable bonds is 2. The van der Waals surface area contributed by atoms with Gasteiger partial charge in [0.25, 0.3) is 0 Å². The van der Waals surface area contributed by atoms with Crippen LogP contribution in [0.2, 0.25) is 5.02 Å². The lowest BCUT2D eigenvalue weighted by Gasteiger charge is -2.16. The molecule has 0 aliphatic rings. The molecule has 0 saturated carbocycles. The molecule has 0 atom stereocenters. The van der Waals surface area contributed by atoms with Crippen LogP contribution in [0, 0.1) is 0 Å². The molecule has 2 aromatic rings. The zero-order chi connectivity index (χ0) is 18.8. The highest BCUT2D eigenvalue weighted by molar-refractivity contribution is 7.80. The Morgan fingerprint density at radius 3 is 1.64 bits per heavy atom. The van der Waals surface area contributed by atoms with E-state index in [2.05, 4.69) is 10.6 Å². The van der Waals surface area contributed by atoms with Crippen molar-refractivity contribution in [1.29, 1.82) is 0 Å². The van der Waals surface area contributed by atoms with Gasteiger partial charge in [-0.1, -0.05) is 11.6 Å². The Kier molecular flexibility index (Phi) is 5.48. The van der Waals surface area contributed by atoms with Crippen molar-refractivity contribution in [3.05, 3.63) is 58.6 Å². The quantitative estimate of drug-likeness (QED) is 0.466. The fourth-order valence-electron chi connectivity index (χ4n) is 1.85. The van der Waals surface area contributed by atoms with Gasteiger partial charge in [0.15, 0.2) is 5.11 Å². The summed E-state index contributed by atoms with van der Waals surface area (Å²) in [5.41, 5.74) is -2.84. The molecule has 25 heavy (non-hydrogen) atoms. The fraction of sp³-hybridized carbons (Fsp3) is 0.133. The molecule has 0 heterocycles. The van der Waals surface area contributed by atoms with Crippen LogP contribution in [0.4, 0.5) is 37.7 Å². The first kappa shape index (κ1) is 19.3. The molecule has 10 heteroatoms. The van der Waals surface area contributed by atoms with Crippen LogP contribution in [0.5, 0.6) is 0 Å². The lowest BCUT2D eigenvalue weighted by molar-refractivity contribution is -0.143. The molecule has 0 fully saturated rings. The zero-order valence-corrected chi connectivity index (χ0v) is 13.7. The van der Waals surface area contributed by atoms with Crippen LogP contribution in [0.25, 0.3) is 0 Å². The number of alkyl halides is 6. The molecule has 0 unspecified atom stereocenters. The molecular formula is C15H9ClF6N2S. The van der Waals surface area contributed by atoms with E-state index < -0.39 is 29.2 Å². The van der Waals surface area contributed by atoms with Gasteiger partial charge in [-0.3, -0.25) is 0 Å². The molecule has 0 amide bonds. The molecule has 0 aliphatic heterocycles. The molecule has 0 spiro atoms. The van der Waals surface area contributed by atoms with Crippen molar-refractivity contribution in [2.75, 3.05) is 10.6 Å². The summed E-state index contributed by atoms with van der Waals surface area (Å²) >= 11 is 10.6. The second-order valence-corrected chi connectivity index (χ2v) is 5.73. The molecule has 0 aromatic heterocycles. The molecule has 2 aromatic carbocycles. The number of thiocarbonyl (C=S) groups is 1. The van der Waals surface area contributed by atoms with E-state index in [1.807, 2.05) is 0 Å². The van der Waals surface area contributed by atoms with E-state index in [0.717, 1.165) is 0 Å². The zero-order valence-electron chi connectivity index (χ0n) is 12.1. The van der Waals surface area contributed by atoms with E-state index in [1.165, 1.54) is 0 Å². The third kappa shape index (κ3) is 5.50. The van der Waals surface area contributed by atoms with Gasteiger partial charge in [0.05, 0.1) is 11.1 Å². The van der Waals surface area contributed by atoms with Gasteiger partial charge < -0.3 is 10.6 Å². The lowest BCUT2D eigenvalue weighted by Crippen LogP contribution is -2.20.